The van der Waals surface area contributed by atoms with E-state index in [0.717, 1.165) is 18.2 Å². The zero-order valence-corrected chi connectivity index (χ0v) is 9.87. The molecule has 0 aliphatic rings. The maximum absolute atomic E-state index is 11.5. The predicted molar refractivity (Wildman–Crippen MR) is 58.4 cm³/mol. The fourth-order valence-corrected chi connectivity index (χ4v) is 1.53. The Bertz CT molecular complexity index is 149. The van der Waals surface area contributed by atoms with Gasteiger partial charge >= 0.3 is 0 Å². The number of amides is 1. The summed E-state index contributed by atoms with van der Waals surface area (Å²) in [6, 6.07) is 0. The molecule has 0 saturated heterocycles. The van der Waals surface area contributed by atoms with E-state index in [9.17, 15) is 4.79 Å². The monoisotopic (exact) mass is 267 g/mol. The number of carbonyl (C=O) groups excluding carboxylic acids is 1. The highest BCUT2D eigenvalue weighted by molar-refractivity contribution is 9.09. The van der Waals surface area contributed by atoms with E-state index in [0.29, 0.717) is 19.5 Å². The van der Waals surface area contributed by atoms with E-state index in [2.05, 4.69) is 15.9 Å². The van der Waals surface area contributed by atoms with Crippen LogP contribution in [0.15, 0.2) is 0 Å². The van der Waals surface area contributed by atoms with Crippen LogP contribution >= 0.6 is 15.9 Å². The fourth-order valence-electron chi connectivity index (χ4n) is 1.13. The lowest BCUT2D eigenvalue weighted by molar-refractivity contribution is -0.132. The predicted octanol–water partition coefficient (Wildman–Crippen LogP) is 0.365. The normalized spacial score (nSPS) is 10.2. The molecule has 0 heterocycles. The molecule has 0 aromatic rings. The van der Waals surface area contributed by atoms with Crippen molar-refractivity contribution in [1.29, 1.82) is 0 Å². The molecule has 0 radical (unpaired) electrons. The molecule has 0 aliphatic heterocycles. The standard InChI is InChI=1S/C9H18BrNO3/c10-4-2-1-3-9(14)11(5-7-12)6-8-13/h12-13H,1-8H2. The minimum Gasteiger partial charge on any atom is -0.395 e. The van der Waals surface area contributed by atoms with Crippen molar-refractivity contribution in [3.8, 4) is 0 Å². The zero-order chi connectivity index (χ0) is 10.8. The van der Waals surface area contributed by atoms with Crippen molar-refractivity contribution >= 4 is 21.8 Å². The minimum atomic E-state index is -0.0514. The summed E-state index contributed by atoms with van der Waals surface area (Å²) in [7, 11) is 0. The van der Waals surface area contributed by atoms with Gasteiger partial charge in [0.25, 0.3) is 0 Å². The summed E-state index contributed by atoms with van der Waals surface area (Å²) in [5.41, 5.74) is 0. The van der Waals surface area contributed by atoms with Crippen molar-refractivity contribution in [3.05, 3.63) is 0 Å². The van der Waals surface area contributed by atoms with Crippen LogP contribution in [0.25, 0.3) is 0 Å². The maximum Gasteiger partial charge on any atom is 0.222 e. The first kappa shape index (κ1) is 13.9. The van der Waals surface area contributed by atoms with Crippen LogP contribution in [0.3, 0.4) is 0 Å². The highest BCUT2D eigenvalue weighted by atomic mass is 79.9. The molecule has 0 spiro atoms. The van der Waals surface area contributed by atoms with Crippen molar-refractivity contribution in [3.63, 3.8) is 0 Å². The van der Waals surface area contributed by atoms with Gasteiger partial charge in [0.1, 0.15) is 0 Å². The molecule has 2 N–H and O–H groups in total. The van der Waals surface area contributed by atoms with Gasteiger partial charge in [0, 0.05) is 24.8 Å². The van der Waals surface area contributed by atoms with Crippen LogP contribution in [0.4, 0.5) is 0 Å². The third-order valence-corrected chi connectivity index (χ3v) is 2.43. The molecule has 0 aromatic heterocycles. The number of halogens is 1. The molecular weight excluding hydrogens is 250 g/mol. The first-order chi connectivity index (χ1) is 6.76. The van der Waals surface area contributed by atoms with Crippen LogP contribution in [-0.4, -0.2) is 52.7 Å². The lowest BCUT2D eigenvalue weighted by atomic mass is 10.2. The highest BCUT2D eigenvalue weighted by Gasteiger charge is 2.11. The molecule has 0 aromatic carbocycles. The van der Waals surface area contributed by atoms with Gasteiger partial charge in [-0.05, 0) is 12.8 Å². The summed E-state index contributed by atoms with van der Waals surface area (Å²) in [5.74, 6) is 0.00838. The zero-order valence-electron chi connectivity index (χ0n) is 8.28. The molecule has 0 saturated carbocycles. The number of carbonyl (C=O) groups is 1. The van der Waals surface area contributed by atoms with Gasteiger partial charge in [0.15, 0.2) is 0 Å². The van der Waals surface area contributed by atoms with Crippen LogP contribution in [0.1, 0.15) is 19.3 Å². The van der Waals surface area contributed by atoms with Gasteiger partial charge in [-0.25, -0.2) is 0 Å². The Morgan fingerprint density at radius 1 is 1.14 bits per heavy atom. The van der Waals surface area contributed by atoms with E-state index in [1.165, 1.54) is 4.90 Å². The minimum absolute atomic E-state index is 0.00838. The second-order valence-corrected chi connectivity index (χ2v) is 3.77. The smallest absolute Gasteiger partial charge is 0.222 e. The van der Waals surface area contributed by atoms with Crippen molar-refractivity contribution in [2.75, 3.05) is 31.6 Å². The van der Waals surface area contributed by atoms with Gasteiger partial charge in [-0.3, -0.25) is 4.79 Å². The first-order valence-electron chi connectivity index (χ1n) is 4.81. The highest BCUT2D eigenvalue weighted by Crippen LogP contribution is 2.02. The number of aliphatic hydroxyl groups excluding tert-OH is 2. The van der Waals surface area contributed by atoms with Crippen LogP contribution in [-0.2, 0) is 4.79 Å². The van der Waals surface area contributed by atoms with Crippen molar-refractivity contribution in [2.45, 2.75) is 19.3 Å². The largest absolute Gasteiger partial charge is 0.395 e. The van der Waals surface area contributed by atoms with E-state index in [1.807, 2.05) is 0 Å². The number of unbranched alkanes of at least 4 members (excludes halogenated alkanes) is 1. The first-order valence-corrected chi connectivity index (χ1v) is 5.93. The van der Waals surface area contributed by atoms with Crippen molar-refractivity contribution in [1.82, 2.24) is 4.90 Å². The average molecular weight is 268 g/mol. The number of nitrogens with zero attached hydrogens (tertiary/aromatic N) is 1. The summed E-state index contributed by atoms with van der Waals surface area (Å²) in [6.45, 7) is 0.524. The molecule has 0 rings (SSSR count). The lowest BCUT2D eigenvalue weighted by Gasteiger charge is -2.20. The summed E-state index contributed by atoms with van der Waals surface area (Å²) in [4.78, 5) is 13.0. The Balaban J connectivity index is 3.76. The van der Waals surface area contributed by atoms with Crippen molar-refractivity contribution < 1.29 is 15.0 Å². The Kier molecular flexibility index (Phi) is 9.34. The molecule has 14 heavy (non-hydrogen) atoms. The Labute approximate surface area is 93.0 Å². The molecule has 0 aliphatic carbocycles. The Morgan fingerprint density at radius 3 is 2.14 bits per heavy atom. The van der Waals surface area contributed by atoms with Crippen molar-refractivity contribution in [2.24, 2.45) is 0 Å². The number of hydrogen-bond acceptors (Lipinski definition) is 3. The summed E-state index contributed by atoms with van der Waals surface area (Å²) >= 11 is 3.29. The quantitative estimate of drug-likeness (QED) is 0.494. The Morgan fingerprint density at radius 2 is 1.71 bits per heavy atom. The maximum atomic E-state index is 11.5. The van der Waals surface area contributed by atoms with Crippen LogP contribution in [0, 0.1) is 0 Å². The van der Waals surface area contributed by atoms with E-state index in [-0.39, 0.29) is 19.1 Å². The molecule has 0 bridgehead atoms. The second-order valence-electron chi connectivity index (χ2n) is 2.97. The Hall–Kier alpha value is -0.130. The van der Waals surface area contributed by atoms with E-state index >= 15 is 0 Å². The van der Waals surface area contributed by atoms with E-state index in [1.54, 1.807) is 0 Å². The molecule has 5 heteroatoms. The number of alkyl halides is 1. The van der Waals surface area contributed by atoms with E-state index < -0.39 is 0 Å². The van der Waals surface area contributed by atoms with Gasteiger partial charge in [0.05, 0.1) is 13.2 Å². The third kappa shape index (κ3) is 6.34. The van der Waals surface area contributed by atoms with Crippen LogP contribution < -0.4 is 0 Å². The van der Waals surface area contributed by atoms with Gasteiger partial charge in [-0.1, -0.05) is 15.9 Å². The van der Waals surface area contributed by atoms with Gasteiger partial charge in [-0.2, -0.15) is 0 Å². The number of hydrogen-bond donors (Lipinski definition) is 2. The summed E-state index contributed by atoms with van der Waals surface area (Å²) < 4.78 is 0. The summed E-state index contributed by atoms with van der Waals surface area (Å²) in [6.07, 6.45) is 2.31. The summed E-state index contributed by atoms with van der Waals surface area (Å²) in [5, 5.41) is 18.3. The topological polar surface area (TPSA) is 60.8 Å². The average Bonchev–Trinajstić information content (AvgIpc) is 2.18. The fraction of sp³-hybridized carbons (Fsp3) is 0.889. The van der Waals surface area contributed by atoms with Gasteiger partial charge < -0.3 is 15.1 Å². The van der Waals surface area contributed by atoms with Gasteiger partial charge in [-0.15, -0.1) is 0 Å². The lowest BCUT2D eigenvalue weighted by Crippen LogP contribution is -2.35. The SMILES string of the molecule is O=C(CCCCBr)N(CCO)CCO. The molecule has 84 valence electrons. The number of aliphatic hydroxyl groups is 2. The number of rotatable bonds is 8. The molecule has 0 atom stereocenters. The molecule has 4 nitrogen and oxygen atoms in total. The molecular formula is C9H18BrNO3. The third-order valence-electron chi connectivity index (χ3n) is 1.87. The van der Waals surface area contributed by atoms with Crippen LogP contribution in [0.2, 0.25) is 0 Å². The van der Waals surface area contributed by atoms with E-state index in [4.69, 9.17) is 10.2 Å². The molecule has 0 fully saturated rings. The second kappa shape index (κ2) is 9.43. The molecule has 0 unspecified atom stereocenters. The molecule has 1 amide bonds. The van der Waals surface area contributed by atoms with Gasteiger partial charge in [0.2, 0.25) is 5.91 Å². The van der Waals surface area contributed by atoms with Crippen LogP contribution in [0.5, 0.6) is 0 Å².